The van der Waals surface area contributed by atoms with Crippen molar-refractivity contribution in [2.24, 2.45) is 5.41 Å². The number of amides is 1. The summed E-state index contributed by atoms with van der Waals surface area (Å²) < 4.78 is 85.9. The first kappa shape index (κ1) is 32.2. The number of carbonyl (C=O) groups is 2. The number of methoxy groups -OCH3 is 1. The summed E-state index contributed by atoms with van der Waals surface area (Å²) in [6, 6.07) is 9.37. The maximum Gasteiger partial charge on any atom is 0.495 e. The molecule has 2 fully saturated rings. The Labute approximate surface area is 242 Å². The molecule has 0 unspecified atom stereocenters. The zero-order chi connectivity index (χ0) is 31.1. The highest BCUT2D eigenvalue weighted by Crippen LogP contribution is 2.47. The van der Waals surface area contributed by atoms with Gasteiger partial charge in [0.15, 0.2) is 0 Å². The van der Waals surface area contributed by atoms with E-state index in [1.807, 2.05) is 45.9 Å². The van der Waals surface area contributed by atoms with Gasteiger partial charge >= 0.3 is 19.3 Å². The van der Waals surface area contributed by atoms with Crippen molar-refractivity contribution in [1.29, 1.82) is 0 Å². The van der Waals surface area contributed by atoms with Crippen LogP contribution in [0.5, 0.6) is 0 Å². The average Bonchev–Trinajstić information content (AvgIpc) is 3.13. The molecule has 2 saturated heterocycles. The van der Waals surface area contributed by atoms with E-state index in [1.54, 1.807) is 18.2 Å². The number of esters is 1. The molecule has 2 heterocycles. The Balaban J connectivity index is 1.61. The third-order valence-electron chi connectivity index (χ3n) is 8.85. The normalized spacial score (nSPS) is 21.0. The number of hydrogen-bond donors (Lipinski definition) is 1. The Bertz CT molecular complexity index is 1300. The van der Waals surface area contributed by atoms with Crippen LogP contribution >= 0.6 is 0 Å². The second-order valence-electron chi connectivity index (χ2n) is 12.0. The fourth-order valence-electron chi connectivity index (χ4n) is 5.56. The lowest BCUT2D eigenvalue weighted by Crippen LogP contribution is -2.59. The molecule has 0 bridgehead atoms. The first-order valence-corrected chi connectivity index (χ1v) is 13.8. The largest absolute Gasteiger partial charge is 0.495 e. The molecule has 0 spiro atoms. The quantitative estimate of drug-likeness (QED) is 0.278. The lowest BCUT2D eigenvalue weighted by Gasteiger charge is -2.41. The fourth-order valence-corrected chi connectivity index (χ4v) is 5.56. The van der Waals surface area contributed by atoms with Gasteiger partial charge in [0.05, 0.1) is 24.9 Å². The molecule has 0 aliphatic carbocycles. The van der Waals surface area contributed by atoms with E-state index in [9.17, 15) is 31.5 Å². The Morgan fingerprint density at radius 1 is 1.00 bits per heavy atom. The van der Waals surface area contributed by atoms with E-state index in [0.717, 1.165) is 18.0 Å². The fraction of sp³-hybridized carbons (Fsp3) is 0.586. The van der Waals surface area contributed by atoms with E-state index in [-0.39, 0.29) is 19.5 Å². The van der Waals surface area contributed by atoms with Gasteiger partial charge in [-0.3, -0.25) is 9.69 Å². The highest BCUT2D eigenvalue weighted by atomic mass is 19.4. The van der Waals surface area contributed by atoms with Gasteiger partial charge < -0.3 is 19.4 Å². The molecular formula is C29H36BF5N2O5. The van der Waals surface area contributed by atoms with Gasteiger partial charge in [-0.15, -0.1) is 0 Å². The number of fused-ring (bicyclic) bond motifs is 1. The number of ether oxygens (including phenoxy) is 1. The van der Waals surface area contributed by atoms with E-state index in [0.29, 0.717) is 10.9 Å². The van der Waals surface area contributed by atoms with Crippen LogP contribution in [0.25, 0.3) is 10.8 Å². The molecule has 2 aromatic carbocycles. The van der Waals surface area contributed by atoms with Crippen molar-refractivity contribution in [3.05, 3.63) is 42.0 Å². The molecule has 2 aliphatic heterocycles. The van der Waals surface area contributed by atoms with Crippen LogP contribution in [0, 0.1) is 5.41 Å². The standard InChI is InChI=1S/C29H36BF5N2O5/c1-26(2)27(3,4)42-30(41-26)21-11-7-9-19-18(8-6-10-20(19)21)16-22(24(38)40-5)36-25(39)28(29(33,34)35)12-14-37(15-13-28)17-23(31)32/h6-11,22-23H,12-17H2,1-5H3,(H,36,39)/t22-/m0/s1. The molecule has 7 nitrogen and oxygen atoms in total. The highest BCUT2D eigenvalue weighted by molar-refractivity contribution is 6.65. The van der Waals surface area contributed by atoms with Crippen LogP contribution in [-0.2, 0) is 30.1 Å². The number of rotatable bonds is 8. The third-order valence-corrected chi connectivity index (χ3v) is 8.85. The molecule has 1 atom stereocenters. The van der Waals surface area contributed by atoms with E-state index in [1.165, 1.54) is 4.90 Å². The number of nitrogens with one attached hydrogen (secondary N) is 1. The van der Waals surface area contributed by atoms with Gasteiger partial charge in [0.2, 0.25) is 5.91 Å². The first-order chi connectivity index (χ1) is 19.5. The van der Waals surface area contributed by atoms with Gasteiger partial charge in [0, 0.05) is 6.42 Å². The van der Waals surface area contributed by atoms with Crippen LogP contribution < -0.4 is 10.8 Å². The summed E-state index contributed by atoms with van der Waals surface area (Å²) in [5.74, 6) is -2.28. The lowest BCUT2D eigenvalue weighted by molar-refractivity contribution is -0.233. The third kappa shape index (κ3) is 6.14. The SMILES string of the molecule is COC(=O)[C@H](Cc1cccc2c(B3OC(C)(C)C(C)(C)O3)cccc12)NC(=O)C1(C(F)(F)F)CCN(CC(F)F)CC1. The Hall–Kier alpha value is -2.77. The molecule has 13 heteroatoms. The molecular weight excluding hydrogens is 562 g/mol. The van der Waals surface area contributed by atoms with Crippen molar-refractivity contribution >= 4 is 35.2 Å². The Kier molecular flexibility index (Phi) is 8.98. The molecule has 0 saturated carbocycles. The number of likely N-dealkylation sites (tertiary alicyclic amines) is 1. The van der Waals surface area contributed by atoms with Crippen molar-refractivity contribution < 1.29 is 45.6 Å². The van der Waals surface area contributed by atoms with Crippen molar-refractivity contribution in [2.75, 3.05) is 26.7 Å². The second-order valence-corrected chi connectivity index (χ2v) is 12.0. The number of hydrogen-bond acceptors (Lipinski definition) is 6. The van der Waals surface area contributed by atoms with Crippen LogP contribution in [0.2, 0.25) is 0 Å². The minimum absolute atomic E-state index is 0.145. The molecule has 1 N–H and O–H groups in total. The van der Waals surface area contributed by atoms with Crippen molar-refractivity contribution in [1.82, 2.24) is 10.2 Å². The summed E-state index contributed by atoms with van der Waals surface area (Å²) in [5.41, 5.74) is -2.64. The zero-order valence-corrected chi connectivity index (χ0v) is 24.3. The predicted octanol–water partition coefficient (Wildman–Crippen LogP) is 4.25. The number of benzene rings is 2. The van der Waals surface area contributed by atoms with Gasteiger partial charge in [-0.2, -0.15) is 13.2 Å². The molecule has 4 rings (SSSR count). The number of alkyl halides is 5. The number of piperidine rings is 1. The van der Waals surface area contributed by atoms with Crippen LogP contribution in [0.4, 0.5) is 22.0 Å². The second kappa shape index (κ2) is 11.7. The molecule has 230 valence electrons. The van der Waals surface area contributed by atoms with Crippen LogP contribution in [0.3, 0.4) is 0 Å². The molecule has 2 aromatic rings. The van der Waals surface area contributed by atoms with Crippen molar-refractivity contribution in [2.45, 2.75) is 76.8 Å². The summed E-state index contributed by atoms with van der Waals surface area (Å²) >= 11 is 0. The maximum atomic E-state index is 14.3. The molecule has 1 amide bonds. The van der Waals surface area contributed by atoms with Crippen LogP contribution in [0.1, 0.15) is 46.1 Å². The lowest BCUT2D eigenvalue weighted by atomic mass is 9.75. The van der Waals surface area contributed by atoms with Gasteiger partial charge in [-0.1, -0.05) is 36.4 Å². The van der Waals surface area contributed by atoms with E-state index >= 15 is 0 Å². The Morgan fingerprint density at radius 3 is 2.12 bits per heavy atom. The molecule has 42 heavy (non-hydrogen) atoms. The first-order valence-electron chi connectivity index (χ1n) is 13.8. The molecule has 2 aliphatic rings. The molecule has 0 radical (unpaired) electrons. The predicted molar refractivity (Wildman–Crippen MR) is 147 cm³/mol. The van der Waals surface area contributed by atoms with E-state index in [4.69, 9.17) is 14.0 Å². The van der Waals surface area contributed by atoms with Gasteiger partial charge in [-0.05, 0) is 75.4 Å². The minimum atomic E-state index is -4.95. The average molecular weight is 598 g/mol. The van der Waals surface area contributed by atoms with E-state index < -0.39 is 73.6 Å². The topological polar surface area (TPSA) is 77.1 Å². The summed E-state index contributed by atoms with van der Waals surface area (Å²) in [7, 11) is 0.413. The van der Waals surface area contributed by atoms with Crippen molar-refractivity contribution in [3.63, 3.8) is 0 Å². The summed E-state index contributed by atoms with van der Waals surface area (Å²) in [4.78, 5) is 27.3. The van der Waals surface area contributed by atoms with Crippen LogP contribution in [-0.4, -0.2) is 80.5 Å². The monoisotopic (exact) mass is 598 g/mol. The summed E-state index contributed by atoms with van der Waals surface area (Å²) in [5, 5.41) is 3.77. The van der Waals surface area contributed by atoms with E-state index in [2.05, 4.69) is 5.32 Å². The van der Waals surface area contributed by atoms with Gasteiger partial charge in [0.1, 0.15) is 11.5 Å². The van der Waals surface area contributed by atoms with Gasteiger partial charge in [0.25, 0.3) is 6.43 Å². The summed E-state index contributed by atoms with van der Waals surface area (Å²) in [6.45, 7) is 6.41. The number of halogens is 5. The summed E-state index contributed by atoms with van der Waals surface area (Å²) in [6.07, 6.45) is -9.20. The maximum absolute atomic E-state index is 14.3. The number of nitrogens with zero attached hydrogens (tertiary/aromatic N) is 1. The smallest absolute Gasteiger partial charge is 0.467 e. The molecule has 0 aromatic heterocycles. The van der Waals surface area contributed by atoms with Crippen LogP contribution in [0.15, 0.2) is 36.4 Å². The number of carbonyl (C=O) groups excluding carboxylic acids is 2. The zero-order valence-electron chi connectivity index (χ0n) is 24.3. The van der Waals surface area contributed by atoms with Gasteiger partial charge in [-0.25, -0.2) is 13.6 Å². The minimum Gasteiger partial charge on any atom is -0.467 e. The Morgan fingerprint density at radius 2 is 1.57 bits per heavy atom. The highest BCUT2D eigenvalue weighted by Gasteiger charge is 2.61. The van der Waals surface area contributed by atoms with Crippen molar-refractivity contribution in [3.8, 4) is 0 Å².